The molecule has 1 atom stereocenters. The van der Waals surface area contributed by atoms with Crippen LogP contribution >= 0.6 is 0 Å². The second kappa shape index (κ2) is 5.61. The molecule has 23 heavy (non-hydrogen) atoms. The van der Waals surface area contributed by atoms with Gasteiger partial charge in [-0.15, -0.1) is 0 Å². The number of phenols is 1. The van der Waals surface area contributed by atoms with Crippen LogP contribution in [0.3, 0.4) is 0 Å². The summed E-state index contributed by atoms with van der Waals surface area (Å²) in [6.45, 7) is 1.27. The van der Waals surface area contributed by atoms with E-state index in [2.05, 4.69) is 15.5 Å². The molecule has 2 heterocycles. The molecule has 0 saturated heterocycles. The third-order valence-electron chi connectivity index (χ3n) is 4.84. The van der Waals surface area contributed by atoms with Gasteiger partial charge in [0.25, 0.3) is 0 Å². The van der Waals surface area contributed by atoms with E-state index in [1.54, 1.807) is 12.1 Å². The average molecular weight is 312 g/mol. The number of carbonyl (C=O) groups excluding carboxylic acids is 1. The van der Waals surface area contributed by atoms with E-state index in [0.29, 0.717) is 13.1 Å². The maximum Gasteiger partial charge on any atom is 0.317 e. The molecule has 1 aromatic heterocycles. The summed E-state index contributed by atoms with van der Waals surface area (Å²) in [6.07, 6.45) is 5.42. The Hall–Kier alpha value is -2.50. The molecule has 2 amide bonds. The minimum atomic E-state index is -0.0213. The van der Waals surface area contributed by atoms with Crippen molar-refractivity contribution in [2.24, 2.45) is 0 Å². The van der Waals surface area contributed by atoms with Gasteiger partial charge >= 0.3 is 6.03 Å². The molecule has 2 aliphatic rings. The van der Waals surface area contributed by atoms with Crippen LogP contribution in [0.5, 0.6) is 5.75 Å². The van der Waals surface area contributed by atoms with Crippen molar-refractivity contribution in [3.8, 4) is 5.75 Å². The predicted molar refractivity (Wildman–Crippen MR) is 85.2 cm³/mol. The lowest BCUT2D eigenvalue weighted by molar-refractivity contribution is 0.187. The van der Waals surface area contributed by atoms with Crippen molar-refractivity contribution >= 4 is 6.03 Å². The van der Waals surface area contributed by atoms with Crippen molar-refractivity contribution in [3.63, 3.8) is 0 Å². The average Bonchev–Trinajstić information content (AvgIpc) is 3.01. The van der Waals surface area contributed by atoms with Crippen LogP contribution < -0.4 is 5.32 Å². The number of aryl methyl sites for hydroxylation is 1. The zero-order valence-corrected chi connectivity index (χ0v) is 12.9. The number of aromatic amines is 1. The number of nitrogens with one attached hydrogen (secondary N) is 2. The Morgan fingerprint density at radius 3 is 3.13 bits per heavy atom. The Labute approximate surface area is 134 Å². The lowest BCUT2D eigenvalue weighted by atomic mass is 9.94. The second-order valence-corrected chi connectivity index (χ2v) is 6.39. The molecule has 1 aliphatic heterocycles. The van der Waals surface area contributed by atoms with Crippen molar-refractivity contribution in [1.29, 1.82) is 0 Å². The molecule has 0 saturated carbocycles. The van der Waals surface area contributed by atoms with Gasteiger partial charge < -0.3 is 15.3 Å². The summed E-state index contributed by atoms with van der Waals surface area (Å²) in [7, 11) is 0. The van der Waals surface area contributed by atoms with Crippen molar-refractivity contribution in [1.82, 2.24) is 20.4 Å². The lowest BCUT2D eigenvalue weighted by Crippen LogP contribution is -2.48. The van der Waals surface area contributed by atoms with E-state index in [1.165, 1.54) is 11.1 Å². The zero-order valence-electron chi connectivity index (χ0n) is 12.9. The minimum Gasteiger partial charge on any atom is -0.508 e. The highest BCUT2D eigenvalue weighted by molar-refractivity contribution is 5.75. The summed E-state index contributed by atoms with van der Waals surface area (Å²) >= 11 is 0. The van der Waals surface area contributed by atoms with E-state index in [9.17, 15) is 9.90 Å². The Kier molecular flexibility index (Phi) is 3.44. The number of H-pyrrole nitrogens is 1. The van der Waals surface area contributed by atoms with Crippen molar-refractivity contribution in [2.75, 3.05) is 6.54 Å². The van der Waals surface area contributed by atoms with Crippen LogP contribution in [0.15, 0.2) is 24.4 Å². The van der Waals surface area contributed by atoms with Gasteiger partial charge in [-0.25, -0.2) is 4.79 Å². The highest BCUT2D eigenvalue weighted by atomic mass is 16.3. The third kappa shape index (κ3) is 2.76. The molecular weight excluding hydrogens is 292 g/mol. The first-order valence-corrected chi connectivity index (χ1v) is 8.06. The molecule has 0 radical (unpaired) electrons. The van der Waals surface area contributed by atoms with Gasteiger partial charge in [0.2, 0.25) is 0 Å². The van der Waals surface area contributed by atoms with Gasteiger partial charge in [0.1, 0.15) is 5.75 Å². The van der Waals surface area contributed by atoms with Crippen LogP contribution in [-0.4, -0.2) is 38.8 Å². The van der Waals surface area contributed by atoms with Crippen molar-refractivity contribution < 1.29 is 9.90 Å². The zero-order chi connectivity index (χ0) is 15.8. The summed E-state index contributed by atoms with van der Waals surface area (Å²) in [6, 6.07) is 5.54. The van der Waals surface area contributed by atoms with Crippen LogP contribution in [0.4, 0.5) is 4.79 Å². The van der Waals surface area contributed by atoms with Crippen LogP contribution in [0, 0.1) is 0 Å². The summed E-state index contributed by atoms with van der Waals surface area (Å²) < 4.78 is 0. The topological polar surface area (TPSA) is 81.2 Å². The minimum absolute atomic E-state index is 0.0213. The number of aromatic nitrogens is 2. The fourth-order valence-corrected chi connectivity index (χ4v) is 3.51. The maximum atomic E-state index is 12.5. The fraction of sp³-hybridized carbons (Fsp3) is 0.412. The highest BCUT2D eigenvalue weighted by Crippen LogP contribution is 2.24. The number of rotatable bonds is 1. The van der Waals surface area contributed by atoms with E-state index < -0.39 is 0 Å². The second-order valence-electron chi connectivity index (χ2n) is 6.39. The number of hydrogen-bond donors (Lipinski definition) is 3. The summed E-state index contributed by atoms with van der Waals surface area (Å²) in [5, 5.41) is 19.8. The molecular formula is C17H20N4O2. The highest BCUT2D eigenvalue weighted by Gasteiger charge is 2.25. The van der Waals surface area contributed by atoms with Gasteiger partial charge in [-0.2, -0.15) is 5.10 Å². The molecule has 2 aromatic rings. The Morgan fingerprint density at radius 2 is 2.22 bits per heavy atom. The number of carbonyl (C=O) groups is 1. The standard InChI is InChI=1S/C17H20N4O2/c22-15-4-2-11-5-6-21(10-13(11)7-15)17(23)19-14-3-1-12-9-18-20-16(12)8-14/h2,4,7,9,14,22H,1,3,5-6,8,10H2,(H,18,20)(H,19,23). The molecule has 120 valence electrons. The Morgan fingerprint density at radius 1 is 1.30 bits per heavy atom. The molecule has 6 heteroatoms. The van der Waals surface area contributed by atoms with E-state index in [-0.39, 0.29) is 17.8 Å². The smallest absolute Gasteiger partial charge is 0.317 e. The van der Waals surface area contributed by atoms with E-state index in [0.717, 1.165) is 36.9 Å². The largest absolute Gasteiger partial charge is 0.508 e. The summed E-state index contributed by atoms with van der Waals surface area (Å²) in [5.41, 5.74) is 4.64. The van der Waals surface area contributed by atoms with Crippen LogP contribution in [0.25, 0.3) is 0 Å². The van der Waals surface area contributed by atoms with Gasteiger partial charge in [-0.3, -0.25) is 5.10 Å². The molecule has 3 N–H and O–H groups in total. The molecule has 6 nitrogen and oxygen atoms in total. The first-order chi connectivity index (χ1) is 11.2. The number of fused-ring (bicyclic) bond motifs is 2. The number of hydrogen-bond acceptors (Lipinski definition) is 3. The molecule has 0 spiro atoms. The molecule has 1 aromatic carbocycles. The molecule has 1 aliphatic carbocycles. The number of amides is 2. The van der Waals surface area contributed by atoms with Crippen molar-refractivity contribution in [3.05, 3.63) is 46.8 Å². The first kappa shape index (κ1) is 14.1. The number of benzene rings is 1. The van der Waals surface area contributed by atoms with Crippen LogP contribution in [-0.2, 0) is 25.8 Å². The maximum absolute atomic E-state index is 12.5. The third-order valence-corrected chi connectivity index (χ3v) is 4.84. The van der Waals surface area contributed by atoms with Crippen LogP contribution in [0.1, 0.15) is 28.8 Å². The van der Waals surface area contributed by atoms with Gasteiger partial charge in [-0.1, -0.05) is 6.07 Å². The normalized spacial score (nSPS) is 19.8. The van der Waals surface area contributed by atoms with Gasteiger partial charge in [-0.05, 0) is 48.1 Å². The summed E-state index contributed by atoms with van der Waals surface area (Å²) in [5.74, 6) is 0.255. The molecule has 4 rings (SSSR count). The SMILES string of the molecule is O=C(NC1CCc2cn[nH]c2C1)N1CCc2ccc(O)cc2C1. The number of aromatic hydroxyl groups is 1. The number of nitrogens with zero attached hydrogens (tertiary/aromatic N) is 2. The molecule has 1 unspecified atom stereocenters. The van der Waals surface area contributed by atoms with E-state index in [1.807, 2.05) is 17.2 Å². The van der Waals surface area contributed by atoms with Gasteiger partial charge in [0.15, 0.2) is 0 Å². The van der Waals surface area contributed by atoms with Gasteiger partial charge in [0, 0.05) is 31.2 Å². The van der Waals surface area contributed by atoms with E-state index in [4.69, 9.17) is 0 Å². The monoisotopic (exact) mass is 312 g/mol. The van der Waals surface area contributed by atoms with E-state index >= 15 is 0 Å². The van der Waals surface area contributed by atoms with Crippen molar-refractivity contribution in [2.45, 2.75) is 38.3 Å². The fourth-order valence-electron chi connectivity index (χ4n) is 3.51. The van der Waals surface area contributed by atoms with Crippen LogP contribution in [0.2, 0.25) is 0 Å². The number of phenolic OH excluding ortho intramolecular Hbond substituents is 1. The predicted octanol–water partition coefficient (Wildman–Crippen LogP) is 1.74. The quantitative estimate of drug-likeness (QED) is 0.750. The first-order valence-electron chi connectivity index (χ1n) is 8.06. The summed E-state index contributed by atoms with van der Waals surface area (Å²) in [4.78, 5) is 14.4. The Balaban J connectivity index is 1.41. The molecule has 0 fully saturated rings. The number of urea groups is 1. The molecule has 0 bridgehead atoms. The Bertz CT molecular complexity index is 740. The lowest BCUT2D eigenvalue weighted by Gasteiger charge is -2.31. The van der Waals surface area contributed by atoms with Gasteiger partial charge in [0.05, 0.1) is 6.20 Å².